The van der Waals surface area contributed by atoms with Gasteiger partial charge >= 0.3 is 0 Å². The van der Waals surface area contributed by atoms with Crippen molar-refractivity contribution in [1.82, 2.24) is 19.3 Å². The van der Waals surface area contributed by atoms with Gasteiger partial charge in [0, 0.05) is 20.1 Å². The van der Waals surface area contributed by atoms with Crippen molar-refractivity contribution in [2.45, 2.75) is 22.6 Å². The van der Waals surface area contributed by atoms with E-state index in [4.69, 9.17) is 18.0 Å². The van der Waals surface area contributed by atoms with E-state index in [2.05, 4.69) is 26.2 Å². The van der Waals surface area contributed by atoms with Crippen LogP contribution in [0.3, 0.4) is 0 Å². The van der Waals surface area contributed by atoms with Crippen LogP contribution in [0, 0.1) is 0 Å². The van der Waals surface area contributed by atoms with Crippen molar-refractivity contribution in [2.24, 2.45) is 12.8 Å². The first-order chi connectivity index (χ1) is 9.74. The van der Waals surface area contributed by atoms with E-state index < -0.39 is 10.0 Å². The normalized spacial score (nSPS) is 19.6. The highest BCUT2D eigenvalue weighted by Gasteiger charge is 2.41. The maximum Gasteiger partial charge on any atom is 0.263 e. The minimum atomic E-state index is -3.63. The minimum absolute atomic E-state index is 0.0643. The topological polar surface area (TPSA) is 94.1 Å². The van der Waals surface area contributed by atoms with Crippen LogP contribution in [0.4, 0.5) is 0 Å². The number of aryl methyl sites for hydroxylation is 1. The van der Waals surface area contributed by atoms with Crippen LogP contribution < -0.4 is 5.73 Å². The van der Waals surface area contributed by atoms with Crippen LogP contribution >= 0.6 is 39.9 Å². The van der Waals surface area contributed by atoms with E-state index >= 15 is 0 Å². The van der Waals surface area contributed by atoms with Crippen molar-refractivity contribution in [1.29, 1.82) is 0 Å². The summed E-state index contributed by atoms with van der Waals surface area (Å²) in [5.74, 6) is 0. The quantitative estimate of drug-likeness (QED) is 0.727. The number of piperidine rings is 1. The highest BCUT2D eigenvalue weighted by molar-refractivity contribution is 9.10. The van der Waals surface area contributed by atoms with Gasteiger partial charge in [-0.05, 0) is 35.0 Å². The molecule has 2 N–H and O–H groups in total. The molecule has 0 atom stereocenters. The number of aromatic nitrogens is 3. The number of halogens is 1. The van der Waals surface area contributed by atoms with E-state index in [0.717, 1.165) is 0 Å². The van der Waals surface area contributed by atoms with E-state index in [0.29, 0.717) is 30.9 Å². The van der Waals surface area contributed by atoms with E-state index in [1.807, 2.05) is 6.26 Å². The van der Waals surface area contributed by atoms with Crippen LogP contribution in [0.15, 0.2) is 9.63 Å². The third kappa shape index (κ3) is 2.98. The van der Waals surface area contributed by atoms with Gasteiger partial charge in [0.2, 0.25) is 5.03 Å². The molecule has 0 bridgehead atoms. The Hall–Kier alpha value is -0.230. The molecule has 7 nitrogen and oxygen atoms in total. The Morgan fingerprint density at radius 2 is 2.05 bits per heavy atom. The molecule has 0 radical (unpaired) electrons. The lowest BCUT2D eigenvalue weighted by atomic mass is 9.97. The average molecular weight is 414 g/mol. The second-order valence-electron chi connectivity index (χ2n) is 4.78. The van der Waals surface area contributed by atoms with Crippen LogP contribution in [-0.4, -0.2) is 56.8 Å². The number of thiocarbonyl (C=S) groups is 1. The van der Waals surface area contributed by atoms with E-state index in [-0.39, 0.29) is 14.4 Å². The summed E-state index contributed by atoms with van der Waals surface area (Å²) < 4.78 is 28.0. The molecule has 0 amide bonds. The third-order valence-corrected chi connectivity index (χ3v) is 8.41. The lowest BCUT2D eigenvalue weighted by molar-refractivity contribution is 0.330. The first-order valence-electron chi connectivity index (χ1n) is 6.15. The van der Waals surface area contributed by atoms with E-state index in [9.17, 15) is 8.42 Å². The SMILES string of the molecule is CSC1(C(N)=S)CCN(S(=O)(=O)c2c(Br)nnn2C)CC1. The lowest BCUT2D eigenvalue weighted by Crippen LogP contribution is -2.50. The Bertz CT molecular complexity index is 632. The minimum Gasteiger partial charge on any atom is -0.392 e. The monoisotopic (exact) mass is 413 g/mol. The first-order valence-corrected chi connectivity index (χ1v) is 10.0. The second-order valence-corrected chi connectivity index (χ2v) is 9.01. The Kier molecular flexibility index (Phi) is 4.98. The molecule has 1 aromatic heterocycles. The van der Waals surface area contributed by atoms with Gasteiger partial charge in [0.1, 0.15) is 0 Å². The Morgan fingerprint density at radius 1 is 1.48 bits per heavy atom. The molecular formula is C10H16BrN5O2S3. The molecule has 1 fully saturated rings. The number of thioether (sulfide) groups is 1. The van der Waals surface area contributed by atoms with Crippen molar-refractivity contribution in [3.63, 3.8) is 0 Å². The average Bonchev–Trinajstić information content (AvgIpc) is 2.78. The number of nitrogens with zero attached hydrogens (tertiary/aromatic N) is 4. The van der Waals surface area contributed by atoms with Gasteiger partial charge in [0.25, 0.3) is 10.0 Å². The van der Waals surface area contributed by atoms with Gasteiger partial charge in [-0.3, -0.25) is 0 Å². The maximum atomic E-state index is 12.7. The lowest BCUT2D eigenvalue weighted by Gasteiger charge is -2.39. The molecule has 2 rings (SSSR count). The van der Waals surface area contributed by atoms with Gasteiger partial charge in [-0.2, -0.15) is 16.1 Å². The summed E-state index contributed by atoms with van der Waals surface area (Å²) in [6.45, 7) is 0.746. The van der Waals surface area contributed by atoms with Crippen LogP contribution in [0.1, 0.15) is 12.8 Å². The second kappa shape index (κ2) is 6.11. The van der Waals surface area contributed by atoms with Crippen molar-refractivity contribution < 1.29 is 8.42 Å². The largest absolute Gasteiger partial charge is 0.392 e. The summed E-state index contributed by atoms with van der Waals surface area (Å²) in [6.07, 6.45) is 3.15. The fourth-order valence-electron chi connectivity index (χ4n) is 2.36. The maximum absolute atomic E-state index is 12.7. The molecule has 1 aromatic rings. The molecule has 2 heterocycles. The number of hydrogen-bond acceptors (Lipinski definition) is 6. The summed E-state index contributed by atoms with van der Waals surface area (Å²) in [5, 5.41) is 7.51. The summed E-state index contributed by atoms with van der Waals surface area (Å²) >= 11 is 9.86. The van der Waals surface area contributed by atoms with Crippen LogP contribution in [0.2, 0.25) is 0 Å². The molecule has 1 saturated heterocycles. The molecule has 11 heteroatoms. The predicted octanol–water partition coefficient (Wildman–Crippen LogP) is 0.750. The van der Waals surface area contributed by atoms with Crippen molar-refractivity contribution >= 4 is 54.9 Å². The molecule has 1 aliphatic heterocycles. The zero-order chi connectivity index (χ0) is 15.8. The Morgan fingerprint density at radius 3 is 2.43 bits per heavy atom. The van der Waals surface area contributed by atoms with Crippen molar-refractivity contribution in [3.05, 3.63) is 4.60 Å². The Labute approximate surface area is 141 Å². The molecule has 0 aromatic carbocycles. The van der Waals surface area contributed by atoms with Gasteiger partial charge in [-0.25, -0.2) is 13.1 Å². The summed E-state index contributed by atoms with van der Waals surface area (Å²) in [7, 11) is -2.08. The van der Waals surface area contributed by atoms with Crippen LogP contribution in [0.25, 0.3) is 0 Å². The predicted molar refractivity (Wildman–Crippen MR) is 89.7 cm³/mol. The molecule has 0 spiro atoms. The fraction of sp³-hybridized carbons (Fsp3) is 0.700. The highest BCUT2D eigenvalue weighted by Crippen LogP contribution is 2.37. The number of nitrogens with two attached hydrogens (primary N) is 1. The molecule has 0 saturated carbocycles. The molecule has 21 heavy (non-hydrogen) atoms. The number of rotatable bonds is 4. The molecule has 1 aliphatic rings. The van der Waals surface area contributed by atoms with Gasteiger partial charge in [-0.15, -0.1) is 5.10 Å². The first kappa shape index (κ1) is 17.1. The summed E-state index contributed by atoms with van der Waals surface area (Å²) in [4.78, 5) is 0.440. The summed E-state index contributed by atoms with van der Waals surface area (Å²) in [6, 6.07) is 0. The Balaban J connectivity index is 2.25. The highest BCUT2D eigenvalue weighted by atomic mass is 79.9. The van der Waals surface area contributed by atoms with Gasteiger partial charge in [-0.1, -0.05) is 17.4 Å². The van der Waals surface area contributed by atoms with Gasteiger partial charge in [0.05, 0.1) is 9.74 Å². The summed E-state index contributed by atoms with van der Waals surface area (Å²) in [5.41, 5.74) is 5.82. The van der Waals surface area contributed by atoms with E-state index in [1.54, 1.807) is 18.8 Å². The van der Waals surface area contributed by atoms with Crippen molar-refractivity contribution in [2.75, 3.05) is 19.3 Å². The molecule has 0 aliphatic carbocycles. The third-order valence-electron chi connectivity index (χ3n) is 3.69. The number of hydrogen-bond donors (Lipinski definition) is 1. The van der Waals surface area contributed by atoms with Crippen LogP contribution in [0.5, 0.6) is 0 Å². The zero-order valence-electron chi connectivity index (χ0n) is 11.6. The van der Waals surface area contributed by atoms with E-state index in [1.165, 1.54) is 8.99 Å². The molecule has 118 valence electrons. The van der Waals surface area contributed by atoms with Crippen LogP contribution in [-0.2, 0) is 17.1 Å². The zero-order valence-corrected chi connectivity index (χ0v) is 15.6. The molecular weight excluding hydrogens is 398 g/mol. The standard InChI is InChI=1S/C10H16BrN5O2S3/c1-15-8(7(11)13-14-15)21(17,18)16-5-3-10(20-2,4-6-16)9(12)19/h3-6H2,1-2H3,(H2,12,19). The molecule has 0 unspecified atom stereocenters. The fourth-order valence-corrected chi connectivity index (χ4v) is 6.08. The van der Waals surface area contributed by atoms with Gasteiger partial charge < -0.3 is 5.73 Å². The van der Waals surface area contributed by atoms with Crippen molar-refractivity contribution in [3.8, 4) is 0 Å². The number of sulfonamides is 1. The van der Waals surface area contributed by atoms with Gasteiger partial charge in [0.15, 0.2) is 4.60 Å². The smallest absolute Gasteiger partial charge is 0.263 e.